The van der Waals surface area contributed by atoms with Gasteiger partial charge in [0.25, 0.3) is 0 Å². The molecular formula is C26H36N4O4. The number of likely N-dealkylation sites (tertiary alicyclic amines) is 1. The van der Waals surface area contributed by atoms with E-state index in [0.717, 1.165) is 5.56 Å². The highest BCUT2D eigenvalue weighted by Gasteiger charge is 2.58. The predicted molar refractivity (Wildman–Crippen MR) is 131 cm³/mol. The number of nitrogens with two attached hydrogens (primary N) is 1. The molecule has 2 heterocycles. The summed E-state index contributed by atoms with van der Waals surface area (Å²) in [4.78, 5) is 18.6. The number of rotatable bonds is 5. The van der Waals surface area contributed by atoms with Crippen LogP contribution in [-0.4, -0.2) is 50.8 Å². The van der Waals surface area contributed by atoms with Crippen molar-refractivity contribution in [2.24, 2.45) is 16.3 Å². The van der Waals surface area contributed by atoms with E-state index in [1.54, 1.807) is 24.1 Å². The zero-order valence-electron chi connectivity index (χ0n) is 21.1. The largest absolute Gasteiger partial charge is 0.444 e. The average Bonchev–Trinajstić information content (AvgIpc) is 2.74. The second-order valence-corrected chi connectivity index (χ2v) is 10.7. The number of hydrogen-bond acceptors (Lipinski definition) is 6. The molecule has 1 aliphatic heterocycles. The maximum Gasteiger partial charge on any atom is 0.410 e. The molecule has 1 atom stereocenters. The summed E-state index contributed by atoms with van der Waals surface area (Å²) in [7, 11) is 0. The van der Waals surface area contributed by atoms with Gasteiger partial charge in [0.05, 0.1) is 0 Å². The molecule has 0 saturated carbocycles. The van der Waals surface area contributed by atoms with Gasteiger partial charge in [0.2, 0.25) is 0 Å². The summed E-state index contributed by atoms with van der Waals surface area (Å²) in [5.41, 5.74) is 6.39. The first-order chi connectivity index (χ1) is 15.7. The fourth-order valence-electron chi connectivity index (χ4n) is 4.50. The Hall–Kier alpha value is -3.13. The summed E-state index contributed by atoms with van der Waals surface area (Å²) in [6, 6.07) is 9.55. The van der Waals surface area contributed by atoms with Crippen molar-refractivity contribution in [3.63, 3.8) is 0 Å². The van der Waals surface area contributed by atoms with Crippen molar-refractivity contribution in [2.45, 2.75) is 65.6 Å². The Labute approximate surface area is 201 Å². The lowest BCUT2D eigenvalue weighted by Crippen LogP contribution is -2.66. The summed E-state index contributed by atoms with van der Waals surface area (Å²) in [5, 5.41) is 24.7. The van der Waals surface area contributed by atoms with E-state index in [1.807, 2.05) is 52.0 Å². The molecule has 0 aliphatic carbocycles. The summed E-state index contributed by atoms with van der Waals surface area (Å²) < 4.78 is 5.51. The van der Waals surface area contributed by atoms with E-state index in [-0.39, 0.29) is 18.9 Å². The van der Waals surface area contributed by atoms with E-state index in [2.05, 4.69) is 24.0 Å². The first-order valence-corrected chi connectivity index (χ1v) is 11.5. The van der Waals surface area contributed by atoms with Gasteiger partial charge in [-0.1, -0.05) is 50.2 Å². The molecule has 1 fully saturated rings. The molecule has 1 aromatic carbocycles. The highest BCUT2D eigenvalue weighted by molar-refractivity contribution is 5.98. The summed E-state index contributed by atoms with van der Waals surface area (Å²) in [6.45, 7) is 14.0. The molecule has 8 heteroatoms. The van der Waals surface area contributed by atoms with Gasteiger partial charge in [0, 0.05) is 41.5 Å². The van der Waals surface area contributed by atoms with E-state index in [4.69, 9.17) is 10.5 Å². The van der Waals surface area contributed by atoms with Gasteiger partial charge in [-0.15, -0.1) is 0 Å². The molecule has 184 valence electrons. The lowest BCUT2D eigenvalue weighted by molar-refractivity contribution is -0.131. The maximum absolute atomic E-state index is 12.6. The number of aromatic nitrogens is 1. The average molecular weight is 469 g/mol. The number of aliphatic hydroxyl groups is 1. The smallest absolute Gasteiger partial charge is 0.410 e. The maximum atomic E-state index is 12.6. The fraction of sp³-hybridized carbons (Fsp3) is 0.500. The Bertz CT molecular complexity index is 1080. The van der Waals surface area contributed by atoms with E-state index >= 15 is 0 Å². The second kappa shape index (κ2) is 8.91. The third kappa shape index (κ3) is 4.59. The zero-order chi connectivity index (χ0) is 25.5. The van der Waals surface area contributed by atoms with Gasteiger partial charge in [-0.3, -0.25) is 4.98 Å². The van der Waals surface area contributed by atoms with Crippen LogP contribution in [0.15, 0.2) is 41.7 Å². The molecule has 4 N–H and O–H groups in total. The molecule has 0 bridgehead atoms. The minimum absolute atomic E-state index is 0.0847. The van der Waals surface area contributed by atoms with E-state index < -0.39 is 22.7 Å². The van der Waals surface area contributed by atoms with Crippen molar-refractivity contribution in [3.8, 4) is 0 Å². The van der Waals surface area contributed by atoms with Crippen LogP contribution in [0.4, 0.5) is 4.79 Å². The molecule has 8 nitrogen and oxygen atoms in total. The van der Waals surface area contributed by atoms with Crippen LogP contribution >= 0.6 is 0 Å². The van der Waals surface area contributed by atoms with E-state index in [0.29, 0.717) is 28.3 Å². The number of oxime groups is 1. The van der Waals surface area contributed by atoms with Crippen molar-refractivity contribution in [3.05, 3.63) is 64.5 Å². The first kappa shape index (κ1) is 25.5. The summed E-state index contributed by atoms with van der Waals surface area (Å²) in [5.74, 6) is 0.260. The van der Waals surface area contributed by atoms with Gasteiger partial charge in [-0.2, -0.15) is 0 Å². The van der Waals surface area contributed by atoms with Crippen LogP contribution in [-0.2, 0) is 10.3 Å². The normalized spacial score (nSPS) is 17.8. The molecule has 0 unspecified atom stereocenters. The number of aryl methyl sites for hydroxylation is 1. The van der Waals surface area contributed by atoms with Crippen molar-refractivity contribution >= 4 is 11.9 Å². The Morgan fingerprint density at radius 2 is 1.79 bits per heavy atom. The highest BCUT2D eigenvalue weighted by atomic mass is 16.6. The topological polar surface area (TPSA) is 121 Å². The highest BCUT2D eigenvalue weighted by Crippen LogP contribution is 2.51. The Morgan fingerprint density at radius 1 is 1.21 bits per heavy atom. The molecule has 0 spiro atoms. The number of carbonyl (C=O) groups excluding carboxylic acids is 1. The van der Waals surface area contributed by atoms with Crippen molar-refractivity contribution in [1.82, 2.24) is 9.88 Å². The van der Waals surface area contributed by atoms with Crippen LogP contribution in [0.25, 0.3) is 0 Å². The zero-order valence-corrected chi connectivity index (χ0v) is 21.1. The van der Waals surface area contributed by atoms with Gasteiger partial charge in [-0.25, -0.2) is 4.79 Å². The van der Waals surface area contributed by atoms with Crippen LogP contribution < -0.4 is 5.73 Å². The summed E-state index contributed by atoms with van der Waals surface area (Å²) >= 11 is 0. The molecule has 34 heavy (non-hydrogen) atoms. The molecule has 1 aromatic heterocycles. The third-order valence-corrected chi connectivity index (χ3v) is 6.49. The third-order valence-electron chi connectivity index (χ3n) is 6.49. The number of benzene rings is 1. The lowest BCUT2D eigenvalue weighted by Gasteiger charge is -2.56. The quantitative estimate of drug-likeness (QED) is 0.263. The molecular weight excluding hydrogens is 432 g/mol. The number of ether oxygens (including phenoxy) is 1. The van der Waals surface area contributed by atoms with Gasteiger partial charge in [0.15, 0.2) is 5.84 Å². The standard InChI is InChI=1S/C26H36N4O4/c1-16(2)18-8-10-19(11-9-18)26(32,20-12-21(22(27)29-33)17(3)28-13-20)25(7)14-30(15-25)23(31)34-24(4,5)6/h8-13,16,32-33H,14-15H2,1-7H3,(H2,27,29)/t26-/m0/s1. The predicted octanol–water partition coefficient (Wildman–Crippen LogP) is 4.10. The Morgan fingerprint density at radius 3 is 2.29 bits per heavy atom. The Kier molecular flexibility index (Phi) is 6.68. The number of hydrogen-bond donors (Lipinski definition) is 3. The second-order valence-electron chi connectivity index (χ2n) is 10.7. The SMILES string of the molecule is Cc1ncc([C@@](O)(c2ccc(C(C)C)cc2)C2(C)CN(C(=O)OC(C)(C)C)C2)cc1/C(N)=N/O. The fourth-order valence-corrected chi connectivity index (χ4v) is 4.50. The number of nitrogens with zero attached hydrogens (tertiary/aromatic N) is 3. The van der Waals surface area contributed by atoms with Crippen LogP contribution in [0.3, 0.4) is 0 Å². The molecule has 1 aliphatic rings. The van der Waals surface area contributed by atoms with E-state index in [9.17, 15) is 15.1 Å². The minimum Gasteiger partial charge on any atom is -0.444 e. The van der Waals surface area contributed by atoms with Gasteiger partial charge in [0.1, 0.15) is 11.2 Å². The molecule has 3 rings (SSSR count). The number of amides is 1. The van der Waals surface area contributed by atoms with Crippen LogP contribution in [0.5, 0.6) is 0 Å². The van der Waals surface area contributed by atoms with Gasteiger partial charge >= 0.3 is 6.09 Å². The molecule has 0 radical (unpaired) electrons. The minimum atomic E-state index is -1.49. The number of pyridine rings is 1. The van der Waals surface area contributed by atoms with Crippen LogP contribution in [0.2, 0.25) is 0 Å². The van der Waals surface area contributed by atoms with Crippen molar-refractivity contribution < 1.29 is 19.8 Å². The summed E-state index contributed by atoms with van der Waals surface area (Å²) in [6.07, 6.45) is 1.20. The van der Waals surface area contributed by atoms with Crippen LogP contribution in [0, 0.1) is 12.3 Å². The Balaban J connectivity index is 2.08. The van der Waals surface area contributed by atoms with Gasteiger partial charge in [-0.05, 0) is 50.8 Å². The molecule has 1 saturated heterocycles. The van der Waals surface area contributed by atoms with Crippen molar-refractivity contribution in [1.29, 1.82) is 0 Å². The lowest BCUT2D eigenvalue weighted by atomic mass is 9.62. The van der Waals surface area contributed by atoms with Gasteiger partial charge < -0.3 is 25.7 Å². The van der Waals surface area contributed by atoms with Crippen LogP contribution in [0.1, 0.15) is 75.4 Å². The first-order valence-electron chi connectivity index (χ1n) is 11.5. The molecule has 1 amide bonds. The van der Waals surface area contributed by atoms with Crippen molar-refractivity contribution in [2.75, 3.05) is 13.1 Å². The number of amidine groups is 1. The van der Waals surface area contributed by atoms with E-state index in [1.165, 1.54) is 0 Å². The number of carbonyl (C=O) groups is 1. The molecule has 2 aromatic rings. The monoisotopic (exact) mass is 468 g/mol.